The van der Waals surface area contributed by atoms with Crippen molar-refractivity contribution in [1.29, 1.82) is 0 Å². The summed E-state index contributed by atoms with van der Waals surface area (Å²) in [7, 11) is 4.14. The normalized spacial score (nSPS) is 18.8. The van der Waals surface area contributed by atoms with Gasteiger partial charge in [-0.1, -0.05) is 34.5 Å². The molecule has 136 valence electrons. The number of hydrogen-bond donors (Lipinski definition) is 1. The van der Waals surface area contributed by atoms with Crippen molar-refractivity contribution in [2.45, 2.75) is 12.8 Å². The fraction of sp³-hybridized carbons (Fsp3) is 0.529. The molecule has 0 saturated carbocycles. The van der Waals surface area contributed by atoms with Crippen molar-refractivity contribution in [3.05, 3.63) is 22.2 Å². The molecule has 25 heavy (non-hydrogen) atoms. The smallest absolute Gasteiger partial charge is 0.230 e. The van der Waals surface area contributed by atoms with Crippen LogP contribution in [0.3, 0.4) is 0 Å². The summed E-state index contributed by atoms with van der Waals surface area (Å²) in [6.07, 6.45) is 1.97. The van der Waals surface area contributed by atoms with Gasteiger partial charge in [0.05, 0.1) is 20.7 Å². The standard InChI is InChI=1S/C17H22Cl2N4OS/c1-22(2)8-9-23-7-3-4-11(10-23)16(24)21-17-20-15-13(25-17)6-5-12(18)14(15)19/h5-6,11H,3-4,7-10H2,1-2H3,(H,20,21,24). The maximum atomic E-state index is 12.6. The summed E-state index contributed by atoms with van der Waals surface area (Å²) in [5, 5.41) is 4.45. The van der Waals surface area contributed by atoms with Crippen LogP contribution in [-0.4, -0.2) is 61.0 Å². The molecule has 1 aromatic heterocycles. The number of carbonyl (C=O) groups is 1. The van der Waals surface area contributed by atoms with Crippen molar-refractivity contribution in [3.8, 4) is 0 Å². The molecule has 1 aliphatic rings. The summed E-state index contributed by atoms with van der Waals surface area (Å²) < 4.78 is 0.918. The van der Waals surface area contributed by atoms with Crippen LogP contribution in [0.4, 0.5) is 5.13 Å². The van der Waals surface area contributed by atoms with Crippen molar-refractivity contribution in [3.63, 3.8) is 0 Å². The van der Waals surface area contributed by atoms with Gasteiger partial charge in [0.1, 0.15) is 5.52 Å². The molecule has 8 heteroatoms. The van der Waals surface area contributed by atoms with Gasteiger partial charge in [0.2, 0.25) is 5.91 Å². The molecule has 0 bridgehead atoms. The molecular formula is C17H22Cl2N4OS. The van der Waals surface area contributed by atoms with Crippen LogP contribution in [0.15, 0.2) is 12.1 Å². The first-order chi connectivity index (χ1) is 11.9. The van der Waals surface area contributed by atoms with Crippen LogP contribution >= 0.6 is 34.5 Å². The molecule has 1 aromatic carbocycles. The summed E-state index contributed by atoms with van der Waals surface area (Å²) in [5.74, 6) is 0.0396. The highest BCUT2D eigenvalue weighted by Gasteiger charge is 2.26. The minimum Gasteiger partial charge on any atom is -0.308 e. The largest absolute Gasteiger partial charge is 0.308 e. The van der Waals surface area contributed by atoms with Gasteiger partial charge < -0.3 is 15.1 Å². The number of hydrogen-bond acceptors (Lipinski definition) is 5. The molecule has 1 atom stereocenters. The number of halogens is 2. The molecule has 2 aromatic rings. The monoisotopic (exact) mass is 400 g/mol. The van der Waals surface area contributed by atoms with Gasteiger partial charge in [-0.15, -0.1) is 0 Å². The molecule has 0 spiro atoms. The van der Waals surface area contributed by atoms with Crippen molar-refractivity contribution < 1.29 is 4.79 Å². The molecule has 1 N–H and O–H groups in total. The number of piperidine rings is 1. The van der Waals surface area contributed by atoms with E-state index in [1.165, 1.54) is 11.3 Å². The lowest BCUT2D eigenvalue weighted by molar-refractivity contribution is -0.121. The number of thiazole rings is 1. The first-order valence-corrected chi connectivity index (χ1v) is 9.94. The van der Waals surface area contributed by atoms with Crippen LogP contribution in [0.5, 0.6) is 0 Å². The predicted octanol–water partition coefficient (Wildman–Crippen LogP) is 3.82. The quantitative estimate of drug-likeness (QED) is 0.828. The Morgan fingerprint density at radius 2 is 2.24 bits per heavy atom. The van der Waals surface area contributed by atoms with Crippen LogP contribution in [-0.2, 0) is 4.79 Å². The fourth-order valence-corrected chi connectivity index (χ4v) is 4.31. The number of amides is 1. The Bertz CT molecular complexity index is 764. The average molecular weight is 401 g/mol. The summed E-state index contributed by atoms with van der Waals surface area (Å²) in [6, 6.07) is 3.63. The number of benzene rings is 1. The number of likely N-dealkylation sites (tertiary alicyclic amines) is 1. The molecule has 1 aliphatic heterocycles. The minimum absolute atomic E-state index is 0.00184. The second-order valence-electron chi connectivity index (χ2n) is 6.66. The SMILES string of the molecule is CN(C)CCN1CCCC(C(=O)Nc2nc3c(Cl)c(Cl)ccc3s2)C1. The second kappa shape index (κ2) is 8.18. The second-order valence-corrected chi connectivity index (χ2v) is 8.48. The number of anilines is 1. The van der Waals surface area contributed by atoms with E-state index >= 15 is 0 Å². The molecule has 0 aliphatic carbocycles. The Hall–Kier alpha value is -0.920. The van der Waals surface area contributed by atoms with Crippen molar-refractivity contribution in [2.75, 3.05) is 45.6 Å². The van der Waals surface area contributed by atoms with Crippen molar-refractivity contribution in [1.82, 2.24) is 14.8 Å². The van der Waals surface area contributed by atoms with Crippen LogP contribution in [0.1, 0.15) is 12.8 Å². The molecule has 1 unspecified atom stereocenters. The highest BCUT2D eigenvalue weighted by molar-refractivity contribution is 7.22. The summed E-state index contributed by atoms with van der Waals surface area (Å²) in [5.41, 5.74) is 0.644. The number of fused-ring (bicyclic) bond motifs is 1. The van der Waals surface area contributed by atoms with E-state index in [-0.39, 0.29) is 11.8 Å². The topological polar surface area (TPSA) is 48.5 Å². The third-order valence-electron chi connectivity index (χ3n) is 4.42. The Morgan fingerprint density at radius 1 is 1.44 bits per heavy atom. The highest BCUT2D eigenvalue weighted by atomic mass is 35.5. The third kappa shape index (κ3) is 4.63. The summed E-state index contributed by atoms with van der Waals surface area (Å²) in [4.78, 5) is 21.6. The first-order valence-electron chi connectivity index (χ1n) is 8.36. The van der Waals surface area contributed by atoms with E-state index in [0.29, 0.717) is 20.7 Å². The summed E-state index contributed by atoms with van der Waals surface area (Å²) >= 11 is 13.6. The van der Waals surface area contributed by atoms with E-state index in [2.05, 4.69) is 34.2 Å². The summed E-state index contributed by atoms with van der Waals surface area (Å²) in [6.45, 7) is 3.86. The number of carbonyl (C=O) groups excluding carboxylic acids is 1. The maximum absolute atomic E-state index is 12.6. The maximum Gasteiger partial charge on any atom is 0.230 e. The van der Waals surface area contributed by atoms with E-state index in [0.717, 1.165) is 43.7 Å². The van der Waals surface area contributed by atoms with E-state index in [4.69, 9.17) is 23.2 Å². The van der Waals surface area contributed by atoms with E-state index in [1.54, 1.807) is 6.07 Å². The lowest BCUT2D eigenvalue weighted by atomic mass is 9.97. The van der Waals surface area contributed by atoms with Gasteiger partial charge in [0.25, 0.3) is 0 Å². The zero-order chi connectivity index (χ0) is 18.0. The van der Waals surface area contributed by atoms with E-state index < -0.39 is 0 Å². The number of likely N-dealkylation sites (N-methyl/N-ethyl adjacent to an activating group) is 1. The minimum atomic E-state index is 0.00184. The number of aromatic nitrogens is 1. The predicted molar refractivity (Wildman–Crippen MR) is 106 cm³/mol. The van der Waals surface area contributed by atoms with Gasteiger partial charge in [-0.05, 0) is 45.6 Å². The lowest BCUT2D eigenvalue weighted by Gasteiger charge is -2.32. The Morgan fingerprint density at radius 3 is 3.00 bits per heavy atom. The lowest BCUT2D eigenvalue weighted by Crippen LogP contribution is -2.43. The molecule has 1 fully saturated rings. The van der Waals surface area contributed by atoms with Crippen molar-refractivity contribution >= 4 is 55.8 Å². The number of nitrogens with one attached hydrogen (secondary N) is 1. The van der Waals surface area contributed by atoms with Crippen LogP contribution in [0.25, 0.3) is 10.2 Å². The zero-order valence-electron chi connectivity index (χ0n) is 14.4. The molecule has 0 radical (unpaired) electrons. The van der Waals surface area contributed by atoms with Gasteiger partial charge >= 0.3 is 0 Å². The van der Waals surface area contributed by atoms with Gasteiger partial charge in [-0.3, -0.25) is 4.79 Å². The molecular weight excluding hydrogens is 379 g/mol. The van der Waals surface area contributed by atoms with E-state index in [1.807, 2.05) is 6.07 Å². The van der Waals surface area contributed by atoms with E-state index in [9.17, 15) is 4.79 Å². The molecule has 1 amide bonds. The molecule has 3 rings (SSSR count). The van der Waals surface area contributed by atoms with Crippen LogP contribution in [0.2, 0.25) is 10.0 Å². The first kappa shape index (κ1) is 18.9. The van der Waals surface area contributed by atoms with Gasteiger partial charge in [-0.2, -0.15) is 0 Å². The molecule has 2 heterocycles. The van der Waals surface area contributed by atoms with Gasteiger partial charge in [0.15, 0.2) is 5.13 Å². The van der Waals surface area contributed by atoms with Gasteiger partial charge in [-0.25, -0.2) is 4.98 Å². The number of nitrogens with zero attached hydrogens (tertiary/aromatic N) is 3. The molecule has 1 saturated heterocycles. The molecule has 5 nitrogen and oxygen atoms in total. The van der Waals surface area contributed by atoms with Crippen LogP contribution < -0.4 is 5.32 Å². The third-order valence-corrected chi connectivity index (χ3v) is 6.15. The van der Waals surface area contributed by atoms with Crippen molar-refractivity contribution in [2.24, 2.45) is 5.92 Å². The average Bonchev–Trinajstić information content (AvgIpc) is 3.00. The van der Waals surface area contributed by atoms with Gasteiger partial charge in [0, 0.05) is 19.6 Å². The number of rotatable bonds is 5. The Kier molecular flexibility index (Phi) is 6.17. The van der Waals surface area contributed by atoms with Crippen LogP contribution in [0, 0.1) is 5.92 Å². The Balaban J connectivity index is 1.64. The zero-order valence-corrected chi connectivity index (χ0v) is 16.7. The fourth-order valence-electron chi connectivity index (χ4n) is 3.01. The Labute approximate surface area is 161 Å². The highest BCUT2D eigenvalue weighted by Crippen LogP contribution is 2.35.